The predicted octanol–water partition coefficient (Wildman–Crippen LogP) is 1.81. The van der Waals surface area contributed by atoms with Crippen LogP contribution in [-0.4, -0.2) is 44.3 Å². The van der Waals surface area contributed by atoms with Gasteiger partial charge in [0.1, 0.15) is 5.82 Å². The summed E-state index contributed by atoms with van der Waals surface area (Å²) in [5.74, 6) is 0.662. The van der Waals surface area contributed by atoms with Crippen molar-refractivity contribution in [2.45, 2.75) is 39.0 Å². The average molecular weight is 329 g/mol. The number of anilines is 1. The van der Waals surface area contributed by atoms with E-state index in [1.807, 2.05) is 22.6 Å². The molecule has 2 aromatic heterocycles. The molecular formula is C17H23N5O2. The lowest BCUT2D eigenvalue weighted by Crippen LogP contribution is -2.30. The summed E-state index contributed by atoms with van der Waals surface area (Å²) in [5, 5.41) is 17.4. The number of fused-ring (bicyclic) bond motifs is 1. The highest BCUT2D eigenvalue weighted by atomic mass is 16.3. The van der Waals surface area contributed by atoms with Crippen LogP contribution in [-0.2, 0) is 13.1 Å². The summed E-state index contributed by atoms with van der Waals surface area (Å²) in [6.45, 7) is 3.87. The van der Waals surface area contributed by atoms with E-state index >= 15 is 0 Å². The molecule has 0 spiro atoms. The third-order valence-electron chi connectivity index (χ3n) is 4.31. The van der Waals surface area contributed by atoms with E-state index in [0.29, 0.717) is 36.6 Å². The van der Waals surface area contributed by atoms with Crippen LogP contribution in [0.1, 0.15) is 47.6 Å². The van der Waals surface area contributed by atoms with Crippen molar-refractivity contribution in [3.8, 4) is 0 Å². The Balaban J connectivity index is 1.82. The first kappa shape index (κ1) is 16.4. The summed E-state index contributed by atoms with van der Waals surface area (Å²) in [6.07, 6.45) is 2.55. The Hall–Kier alpha value is -2.41. The van der Waals surface area contributed by atoms with Crippen molar-refractivity contribution >= 4 is 11.7 Å². The first-order valence-electron chi connectivity index (χ1n) is 8.30. The largest absolute Gasteiger partial charge is 0.387 e. The molecule has 128 valence electrons. The minimum atomic E-state index is -0.549. The van der Waals surface area contributed by atoms with Gasteiger partial charge in [-0.2, -0.15) is 5.10 Å². The maximum atomic E-state index is 12.8. The summed E-state index contributed by atoms with van der Waals surface area (Å²) < 4.78 is 1.91. The lowest BCUT2D eigenvalue weighted by molar-refractivity contribution is 0.0745. The lowest BCUT2D eigenvalue weighted by Gasteiger charge is -2.20. The number of aliphatic hydroxyl groups excluding tert-OH is 1. The third kappa shape index (κ3) is 3.26. The fraction of sp³-hybridized carbons (Fsp3) is 0.471. The molecule has 0 aromatic carbocycles. The summed E-state index contributed by atoms with van der Waals surface area (Å²) in [5.41, 5.74) is 2.27. The van der Waals surface area contributed by atoms with Gasteiger partial charge in [0.15, 0.2) is 0 Å². The molecule has 0 radical (unpaired) electrons. The minimum Gasteiger partial charge on any atom is -0.387 e. The second-order valence-electron chi connectivity index (χ2n) is 5.97. The molecule has 1 aliphatic rings. The zero-order valence-corrected chi connectivity index (χ0v) is 14.1. The quantitative estimate of drug-likeness (QED) is 0.894. The number of rotatable bonds is 4. The number of hydrogen-bond acceptors (Lipinski definition) is 5. The van der Waals surface area contributed by atoms with Gasteiger partial charge in [-0.25, -0.2) is 4.98 Å². The maximum absolute atomic E-state index is 12.8. The molecule has 1 amide bonds. The van der Waals surface area contributed by atoms with Gasteiger partial charge in [0.05, 0.1) is 24.0 Å². The fourth-order valence-electron chi connectivity index (χ4n) is 2.91. The maximum Gasteiger partial charge on any atom is 0.254 e. The average Bonchev–Trinajstić information content (AvgIpc) is 2.92. The topological polar surface area (TPSA) is 83.3 Å². The van der Waals surface area contributed by atoms with Crippen molar-refractivity contribution in [1.82, 2.24) is 19.7 Å². The number of amides is 1. The highest BCUT2D eigenvalue weighted by Gasteiger charge is 2.23. The van der Waals surface area contributed by atoms with E-state index in [9.17, 15) is 9.90 Å². The predicted molar refractivity (Wildman–Crippen MR) is 90.6 cm³/mol. The zero-order chi connectivity index (χ0) is 17.1. The van der Waals surface area contributed by atoms with Crippen molar-refractivity contribution < 1.29 is 9.90 Å². The van der Waals surface area contributed by atoms with Crippen molar-refractivity contribution in [2.24, 2.45) is 0 Å². The number of carbonyl (C=O) groups excluding carboxylic acids is 1. The third-order valence-corrected chi connectivity index (χ3v) is 4.31. The molecule has 0 fully saturated rings. The van der Waals surface area contributed by atoms with Gasteiger partial charge in [-0.3, -0.25) is 9.48 Å². The number of nitrogens with zero attached hydrogens (tertiary/aromatic N) is 4. The molecule has 7 nitrogen and oxygen atoms in total. The molecule has 1 aliphatic heterocycles. The number of aliphatic hydroxyl groups is 1. The van der Waals surface area contributed by atoms with Crippen molar-refractivity contribution in [1.29, 1.82) is 0 Å². The Kier molecular flexibility index (Phi) is 4.80. The van der Waals surface area contributed by atoms with Crippen LogP contribution in [0, 0.1) is 0 Å². The van der Waals surface area contributed by atoms with Crippen LogP contribution in [0.5, 0.6) is 0 Å². The highest BCUT2D eigenvalue weighted by molar-refractivity contribution is 5.94. The number of pyridine rings is 1. The number of aryl methyl sites for hydroxylation is 1. The van der Waals surface area contributed by atoms with Gasteiger partial charge >= 0.3 is 0 Å². The normalized spacial score (nSPS) is 15.5. The Morgan fingerprint density at radius 1 is 1.42 bits per heavy atom. The lowest BCUT2D eigenvalue weighted by atomic mass is 10.2. The fourth-order valence-corrected chi connectivity index (χ4v) is 2.91. The van der Waals surface area contributed by atoms with Crippen LogP contribution in [0.25, 0.3) is 0 Å². The Bertz CT molecular complexity index is 728. The van der Waals surface area contributed by atoms with Gasteiger partial charge in [-0.1, -0.05) is 6.92 Å². The van der Waals surface area contributed by atoms with E-state index in [0.717, 1.165) is 18.7 Å². The van der Waals surface area contributed by atoms with Gasteiger partial charge in [0, 0.05) is 31.9 Å². The van der Waals surface area contributed by atoms with E-state index in [4.69, 9.17) is 0 Å². The van der Waals surface area contributed by atoms with E-state index < -0.39 is 6.10 Å². The molecule has 0 bridgehead atoms. The zero-order valence-electron chi connectivity index (χ0n) is 14.1. The Morgan fingerprint density at radius 3 is 3.00 bits per heavy atom. The summed E-state index contributed by atoms with van der Waals surface area (Å²) in [6, 6.07) is 5.40. The molecule has 2 aromatic rings. The summed E-state index contributed by atoms with van der Waals surface area (Å²) in [4.78, 5) is 18.8. The van der Waals surface area contributed by atoms with Gasteiger partial charge in [0.2, 0.25) is 0 Å². The van der Waals surface area contributed by atoms with Crippen LogP contribution >= 0.6 is 0 Å². The molecule has 1 atom stereocenters. The number of nitrogens with one attached hydrogen (secondary N) is 1. The number of hydrogen-bond donors (Lipinski definition) is 2. The molecule has 0 aliphatic carbocycles. The molecule has 3 rings (SSSR count). The molecule has 0 unspecified atom stereocenters. The van der Waals surface area contributed by atoms with Crippen molar-refractivity contribution in [2.75, 3.05) is 18.9 Å². The first-order chi connectivity index (χ1) is 11.6. The second-order valence-corrected chi connectivity index (χ2v) is 5.97. The molecule has 7 heteroatoms. The smallest absolute Gasteiger partial charge is 0.254 e. The molecular weight excluding hydrogens is 306 g/mol. The van der Waals surface area contributed by atoms with Crippen LogP contribution in [0.15, 0.2) is 24.4 Å². The second kappa shape index (κ2) is 7.00. The van der Waals surface area contributed by atoms with E-state index in [1.54, 1.807) is 25.4 Å². The molecule has 3 heterocycles. The van der Waals surface area contributed by atoms with Crippen LogP contribution in [0.4, 0.5) is 5.82 Å². The van der Waals surface area contributed by atoms with E-state index in [-0.39, 0.29) is 5.91 Å². The van der Waals surface area contributed by atoms with Crippen LogP contribution in [0.3, 0.4) is 0 Å². The summed E-state index contributed by atoms with van der Waals surface area (Å²) in [7, 11) is 1.78. The Labute approximate surface area is 141 Å². The van der Waals surface area contributed by atoms with Crippen molar-refractivity contribution in [3.05, 3.63) is 41.3 Å². The van der Waals surface area contributed by atoms with Crippen LogP contribution in [0.2, 0.25) is 0 Å². The monoisotopic (exact) mass is 329 g/mol. The standard InChI is InChI=1S/C17H23N5O2/c1-3-15(23)14-10-13-11-21(7-4-8-22(13)20-14)17(24)12-5-6-19-16(9-12)18-2/h5-6,9-10,15,23H,3-4,7-8,11H2,1-2H3,(H,18,19)/t15-/m1/s1. The molecule has 24 heavy (non-hydrogen) atoms. The van der Waals surface area contributed by atoms with Crippen LogP contribution < -0.4 is 5.32 Å². The minimum absolute atomic E-state index is 0.0128. The van der Waals surface area contributed by atoms with Crippen molar-refractivity contribution in [3.63, 3.8) is 0 Å². The molecule has 0 saturated carbocycles. The van der Waals surface area contributed by atoms with Gasteiger partial charge in [-0.05, 0) is 31.0 Å². The van der Waals surface area contributed by atoms with Gasteiger partial charge in [0.25, 0.3) is 5.91 Å². The Morgan fingerprint density at radius 2 is 2.25 bits per heavy atom. The molecule has 2 N–H and O–H groups in total. The van der Waals surface area contributed by atoms with Gasteiger partial charge in [-0.15, -0.1) is 0 Å². The first-order valence-corrected chi connectivity index (χ1v) is 8.30. The van der Waals surface area contributed by atoms with E-state index in [1.165, 1.54) is 0 Å². The van der Waals surface area contributed by atoms with E-state index in [2.05, 4.69) is 15.4 Å². The summed E-state index contributed by atoms with van der Waals surface area (Å²) >= 11 is 0. The SMILES string of the molecule is CC[C@@H](O)c1cc2n(n1)CCCN(C(=O)c1ccnc(NC)c1)C2. The number of carbonyl (C=O) groups is 1. The van der Waals surface area contributed by atoms with Gasteiger partial charge < -0.3 is 15.3 Å². The highest BCUT2D eigenvalue weighted by Crippen LogP contribution is 2.21. The molecule has 0 saturated heterocycles. The number of aromatic nitrogens is 3.